The fraction of sp³-hybridized carbons (Fsp3) is 0.600. The monoisotopic (exact) mass is 356 g/mol. The number of hydrogen-bond donors (Lipinski definition) is 0. The maximum absolute atomic E-state index is 12.1. The summed E-state index contributed by atoms with van der Waals surface area (Å²) in [6.07, 6.45) is 7.40. The molecule has 0 radical (unpaired) electrons. The van der Waals surface area contributed by atoms with E-state index in [1.54, 1.807) is 6.26 Å². The Balaban J connectivity index is 1.32. The Morgan fingerprint density at radius 1 is 1.15 bits per heavy atom. The van der Waals surface area contributed by atoms with Crippen LogP contribution in [0.4, 0.5) is 5.82 Å². The van der Waals surface area contributed by atoms with Crippen LogP contribution in [0, 0.1) is 0 Å². The standard InChI is InChI=1S/C20H28N4O2/c1-2-3-19(25)23-9-5-16(6-10-23)22-11-13-24(14-12-22)20-17-7-15-26-18(17)4-8-21-20/h4,7-8,15-16H,2-3,5-6,9-14H2,1H3. The van der Waals surface area contributed by atoms with Crippen molar-refractivity contribution >= 4 is 22.7 Å². The summed E-state index contributed by atoms with van der Waals surface area (Å²) in [6.45, 7) is 8.01. The van der Waals surface area contributed by atoms with Crippen molar-refractivity contribution in [1.82, 2.24) is 14.8 Å². The first kappa shape index (κ1) is 17.3. The molecule has 4 heterocycles. The summed E-state index contributed by atoms with van der Waals surface area (Å²) in [7, 11) is 0. The molecule has 26 heavy (non-hydrogen) atoms. The van der Waals surface area contributed by atoms with Gasteiger partial charge in [-0.1, -0.05) is 6.92 Å². The zero-order chi connectivity index (χ0) is 17.9. The Morgan fingerprint density at radius 2 is 1.92 bits per heavy atom. The summed E-state index contributed by atoms with van der Waals surface area (Å²) in [5, 5.41) is 1.10. The second kappa shape index (κ2) is 7.66. The number of fused-ring (bicyclic) bond motifs is 1. The van der Waals surface area contributed by atoms with E-state index in [-0.39, 0.29) is 0 Å². The molecule has 0 bridgehead atoms. The van der Waals surface area contributed by atoms with Crippen molar-refractivity contribution in [3.05, 3.63) is 24.6 Å². The predicted octanol–water partition coefficient (Wildman–Crippen LogP) is 2.74. The molecular formula is C20H28N4O2. The molecule has 0 aromatic carbocycles. The zero-order valence-electron chi connectivity index (χ0n) is 15.6. The van der Waals surface area contributed by atoms with E-state index in [4.69, 9.17) is 4.42 Å². The molecule has 2 fully saturated rings. The highest BCUT2D eigenvalue weighted by molar-refractivity contribution is 5.88. The second-order valence-corrected chi connectivity index (χ2v) is 7.35. The molecule has 2 saturated heterocycles. The van der Waals surface area contributed by atoms with Crippen LogP contribution >= 0.6 is 0 Å². The molecule has 0 saturated carbocycles. The molecule has 0 N–H and O–H groups in total. The number of piperazine rings is 1. The third kappa shape index (κ3) is 3.43. The van der Waals surface area contributed by atoms with Gasteiger partial charge in [-0.05, 0) is 31.4 Å². The van der Waals surface area contributed by atoms with Gasteiger partial charge in [0.1, 0.15) is 11.4 Å². The number of anilines is 1. The van der Waals surface area contributed by atoms with Gasteiger partial charge in [0.05, 0.1) is 11.6 Å². The second-order valence-electron chi connectivity index (χ2n) is 7.35. The summed E-state index contributed by atoms with van der Waals surface area (Å²) >= 11 is 0. The van der Waals surface area contributed by atoms with E-state index in [0.717, 1.165) is 75.3 Å². The first-order valence-corrected chi connectivity index (χ1v) is 9.85. The average Bonchev–Trinajstić information content (AvgIpc) is 3.17. The van der Waals surface area contributed by atoms with Gasteiger partial charge in [0, 0.05) is 57.9 Å². The summed E-state index contributed by atoms with van der Waals surface area (Å²) in [4.78, 5) is 23.7. The lowest BCUT2D eigenvalue weighted by atomic mass is 10.0. The number of piperidine rings is 1. The number of furan rings is 1. The van der Waals surface area contributed by atoms with Gasteiger partial charge in [0.15, 0.2) is 0 Å². The molecule has 2 aliphatic heterocycles. The maximum Gasteiger partial charge on any atom is 0.222 e. The van der Waals surface area contributed by atoms with Gasteiger partial charge in [0.25, 0.3) is 0 Å². The van der Waals surface area contributed by atoms with Crippen LogP contribution in [-0.2, 0) is 4.79 Å². The van der Waals surface area contributed by atoms with Crippen molar-refractivity contribution < 1.29 is 9.21 Å². The number of hydrogen-bond acceptors (Lipinski definition) is 5. The molecular weight excluding hydrogens is 328 g/mol. The fourth-order valence-corrected chi connectivity index (χ4v) is 4.28. The van der Waals surface area contributed by atoms with Crippen LogP contribution in [0.1, 0.15) is 32.6 Å². The van der Waals surface area contributed by atoms with E-state index in [1.165, 1.54) is 0 Å². The largest absolute Gasteiger partial charge is 0.464 e. The van der Waals surface area contributed by atoms with Gasteiger partial charge < -0.3 is 14.2 Å². The lowest BCUT2D eigenvalue weighted by Gasteiger charge is -2.43. The lowest BCUT2D eigenvalue weighted by Crippen LogP contribution is -2.54. The van der Waals surface area contributed by atoms with Crippen LogP contribution in [0.2, 0.25) is 0 Å². The number of nitrogens with zero attached hydrogens (tertiary/aromatic N) is 4. The molecule has 0 aliphatic carbocycles. The highest BCUT2D eigenvalue weighted by atomic mass is 16.3. The quantitative estimate of drug-likeness (QED) is 0.843. The molecule has 0 atom stereocenters. The third-order valence-electron chi connectivity index (χ3n) is 5.77. The lowest BCUT2D eigenvalue weighted by molar-refractivity contribution is -0.132. The minimum absolute atomic E-state index is 0.329. The molecule has 0 unspecified atom stereocenters. The number of pyridine rings is 1. The minimum atomic E-state index is 0.329. The van der Waals surface area contributed by atoms with E-state index in [9.17, 15) is 4.79 Å². The van der Waals surface area contributed by atoms with Crippen molar-refractivity contribution in [3.63, 3.8) is 0 Å². The maximum atomic E-state index is 12.1. The Morgan fingerprint density at radius 3 is 2.65 bits per heavy atom. The van der Waals surface area contributed by atoms with E-state index in [2.05, 4.69) is 26.6 Å². The van der Waals surface area contributed by atoms with Crippen molar-refractivity contribution in [2.24, 2.45) is 0 Å². The fourth-order valence-electron chi connectivity index (χ4n) is 4.28. The molecule has 2 aromatic heterocycles. The van der Waals surface area contributed by atoms with Crippen molar-refractivity contribution in [3.8, 4) is 0 Å². The number of carbonyl (C=O) groups is 1. The van der Waals surface area contributed by atoms with Crippen molar-refractivity contribution in [2.45, 2.75) is 38.6 Å². The smallest absolute Gasteiger partial charge is 0.222 e. The molecule has 140 valence electrons. The van der Waals surface area contributed by atoms with Gasteiger partial charge in [-0.25, -0.2) is 4.98 Å². The molecule has 6 nitrogen and oxygen atoms in total. The Kier molecular flexibility index (Phi) is 5.11. The number of likely N-dealkylation sites (tertiary alicyclic amines) is 1. The Hall–Kier alpha value is -2.08. The topological polar surface area (TPSA) is 52.8 Å². The summed E-state index contributed by atoms with van der Waals surface area (Å²) in [5.41, 5.74) is 0.904. The first-order chi connectivity index (χ1) is 12.8. The number of aromatic nitrogens is 1. The SMILES string of the molecule is CCCC(=O)N1CCC(N2CCN(c3nccc4occc34)CC2)CC1. The number of amides is 1. The molecule has 0 spiro atoms. The molecule has 6 heteroatoms. The van der Waals surface area contributed by atoms with Gasteiger partial charge in [-0.3, -0.25) is 9.69 Å². The Bertz CT molecular complexity index is 743. The minimum Gasteiger partial charge on any atom is -0.464 e. The van der Waals surface area contributed by atoms with Gasteiger partial charge >= 0.3 is 0 Å². The third-order valence-corrected chi connectivity index (χ3v) is 5.77. The van der Waals surface area contributed by atoms with Crippen LogP contribution in [0.25, 0.3) is 11.0 Å². The number of carbonyl (C=O) groups excluding carboxylic acids is 1. The van der Waals surface area contributed by atoms with Gasteiger partial charge in [-0.2, -0.15) is 0 Å². The Labute approximate surface area is 154 Å². The van der Waals surface area contributed by atoms with Crippen LogP contribution in [-0.4, -0.2) is 66.0 Å². The van der Waals surface area contributed by atoms with Gasteiger partial charge in [0.2, 0.25) is 5.91 Å². The summed E-state index contributed by atoms with van der Waals surface area (Å²) in [6, 6.07) is 4.54. The van der Waals surface area contributed by atoms with Crippen LogP contribution < -0.4 is 4.90 Å². The van der Waals surface area contributed by atoms with Crippen molar-refractivity contribution in [2.75, 3.05) is 44.2 Å². The van der Waals surface area contributed by atoms with Crippen LogP contribution in [0.15, 0.2) is 29.0 Å². The summed E-state index contributed by atoms with van der Waals surface area (Å²) in [5.74, 6) is 1.37. The molecule has 2 aliphatic rings. The van der Waals surface area contributed by atoms with E-state index >= 15 is 0 Å². The zero-order valence-corrected chi connectivity index (χ0v) is 15.6. The normalized spacial score (nSPS) is 20.0. The van der Waals surface area contributed by atoms with Crippen LogP contribution in [0.3, 0.4) is 0 Å². The van der Waals surface area contributed by atoms with Crippen molar-refractivity contribution in [1.29, 1.82) is 0 Å². The van der Waals surface area contributed by atoms with E-state index in [0.29, 0.717) is 18.4 Å². The highest BCUT2D eigenvalue weighted by Gasteiger charge is 2.29. The summed E-state index contributed by atoms with van der Waals surface area (Å²) < 4.78 is 5.50. The highest BCUT2D eigenvalue weighted by Crippen LogP contribution is 2.27. The van der Waals surface area contributed by atoms with E-state index in [1.807, 2.05) is 18.3 Å². The number of rotatable bonds is 4. The molecule has 4 rings (SSSR count). The van der Waals surface area contributed by atoms with E-state index < -0.39 is 0 Å². The predicted molar refractivity (Wildman–Crippen MR) is 102 cm³/mol. The average molecular weight is 356 g/mol. The van der Waals surface area contributed by atoms with Crippen LogP contribution in [0.5, 0.6) is 0 Å². The molecule has 2 aromatic rings. The molecule has 1 amide bonds. The van der Waals surface area contributed by atoms with Gasteiger partial charge in [-0.15, -0.1) is 0 Å². The first-order valence-electron chi connectivity index (χ1n) is 9.85.